The number of anilines is 1. The first-order chi connectivity index (χ1) is 15.5. The Labute approximate surface area is 194 Å². The maximum Gasteiger partial charge on any atom is 0.326 e. The van der Waals surface area contributed by atoms with Crippen LogP contribution in [0.25, 0.3) is 0 Å². The number of aliphatic hydroxyl groups is 1. The van der Waals surface area contributed by atoms with Gasteiger partial charge in [-0.05, 0) is 42.4 Å². The van der Waals surface area contributed by atoms with Crippen molar-refractivity contribution < 1.29 is 29.4 Å². The molecule has 10 heteroatoms. The normalized spacial score (nSPS) is 13.7. The van der Waals surface area contributed by atoms with Crippen LogP contribution in [0.1, 0.15) is 46.6 Å². The van der Waals surface area contributed by atoms with Gasteiger partial charge in [0.2, 0.25) is 11.8 Å². The molecule has 6 N–H and O–H groups in total. The molecule has 0 saturated carbocycles. The lowest BCUT2D eigenvalue weighted by Gasteiger charge is -2.26. The third kappa shape index (κ3) is 9.48. The smallest absolute Gasteiger partial charge is 0.326 e. The molecule has 0 bridgehead atoms. The number of amides is 4. The fourth-order valence-corrected chi connectivity index (χ4v) is 3.09. The highest BCUT2D eigenvalue weighted by atomic mass is 16.4. The molecule has 0 aliphatic carbocycles. The van der Waals surface area contributed by atoms with E-state index in [0.717, 1.165) is 12.0 Å². The van der Waals surface area contributed by atoms with Gasteiger partial charge < -0.3 is 31.5 Å². The van der Waals surface area contributed by atoms with Gasteiger partial charge in [-0.3, -0.25) is 9.59 Å². The second kappa shape index (κ2) is 13.4. The predicted molar refractivity (Wildman–Crippen MR) is 125 cm³/mol. The molecular weight excluding hydrogens is 428 g/mol. The SMILES string of the molecule is CCc1ccc(NC(=O)N[C@@H](CO)C(=O)N[C@@H](CC(C)C)C(=O)N[C@H](C(=O)O)C(C)C)cc1. The Kier molecular flexibility index (Phi) is 11.3. The molecule has 33 heavy (non-hydrogen) atoms. The first kappa shape index (κ1) is 27.9. The van der Waals surface area contributed by atoms with Crippen LogP contribution in [0.4, 0.5) is 10.5 Å². The molecule has 0 saturated heterocycles. The van der Waals surface area contributed by atoms with Crippen LogP contribution in [0.5, 0.6) is 0 Å². The van der Waals surface area contributed by atoms with E-state index in [-0.39, 0.29) is 18.3 Å². The molecule has 0 heterocycles. The van der Waals surface area contributed by atoms with Crippen LogP contribution >= 0.6 is 0 Å². The zero-order valence-corrected chi connectivity index (χ0v) is 19.8. The Bertz CT molecular complexity index is 810. The standard InChI is InChI=1S/C23H36N4O6/c1-6-15-7-9-16(10-8-15)24-23(33)26-18(12-28)21(30)25-17(11-13(2)3)20(29)27-19(14(4)5)22(31)32/h7-10,13-14,17-19,28H,6,11-12H2,1-5H3,(H,25,30)(H,27,29)(H,31,32)(H2,24,26,33)/t17-,18-,19-/m0/s1. The van der Waals surface area contributed by atoms with E-state index < -0.39 is 48.5 Å². The van der Waals surface area contributed by atoms with Gasteiger partial charge in [0.05, 0.1) is 6.61 Å². The lowest BCUT2D eigenvalue weighted by atomic mass is 10.00. The summed E-state index contributed by atoms with van der Waals surface area (Å²) in [5.74, 6) is -2.92. The van der Waals surface area contributed by atoms with Gasteiger partial charge in [-0.15, -0.1) is 0 Å². The van der Waals surface area contributed by atoms with E-state index in [0.29, 0.717) is 5.69 Å². The number of nitrogens with one attached hydrogen (secondary N) is 4. The summed E-state index contributed by atoms with van der Waals surface area (Å²) in [6.45, 7) is 8.35. The van der Waals surface area contributed by atoms with Crippen molar-refractivity contribution in [3.8, 4) is 0 Å². The van der Waals surface area contributed by atoms with Crippen molar-refractivity contribution in [1.82, 2.24) is 16.0 Å². The van der Waals surface area contributed by atoms with Crippen molar-refractivity contribution in [3.05, 3.63) is 29.8 Å². The van der Waals surface area contributed by atoms with Gasteiger partial charge >= 0.3 is 12.0 Å². The molecule has 1 aromatic rings. The number of aliphatic carboxylic acids is 1. The number of carbonyl (C=O) groups excluding carboxylic acids is 3. The minimum atomic E-state index is -1.30. The van der Waals surface area contributed by atoms with Gasteiger partial charge in [0.25, 0.3) is 0 Å². The van der Waals surface area contributed by atoms with E-state index in [1.807, 2.05) is 32.9 Å². The van der Waals surface area contributed by atoms with Gasteiger partial charge in [0, 0.05) is 5.69 Å². The Morgan fingerprint density at radius 1 is 0.879 bits per heavy atom. The number of aliphatic hydroxyl groups excluding tert-OH is 1. The second-order valence-electron chi connectivity index (χ2n) is 8.64. The lowest BCUT2D eigenvalue weighted by Crippen LogP contribution is -2.57. The first-order valence-electron chi connectivity index (χ1n) is 11.1. The van der Waals surface area contributed by atoms with E-state index in [1.54, 1.807) is 26.0 Å². The first-order valence-corrected chi connectivity index (χ1v) is 11.1. The predicted octanol–water partition coefficient (Wildman–Crippen LogP) is 1.49. The van der Waals surface area contributed by atoms with Crippen molar-refractivity contribution in [2.45, 2.75) is 65.6 Å². The van der Waals surface area contributed by atoms with Gasteiger partial charge in [0.15, 0.2) is 0 Å². The summed E-state index contributed by atoms with van der Waals surface area (Å²) in [5.41, 5.74) is 1.62. The summed E-state index contributed by atoms with van der Waals surface area (Å²) in [5, 5.41) is 28.9. The summed E-state index contributed by atoms with van der Waals surface area (Å²) in [6.07, 6.45) is 1.10. The van der Waals surface area contributed by atoms with Crippen LogP contribution in [0.2, 0.25) is 0 Å². The molecule has 0 unspecified atom stereocenters. The van der Waals surface area contributed by atoms with Crippen LogP contribution in [0, 0.1) is 11.8 Å². The Morgan fingerprint density at radius 2 is 1.45 bits per heavy atom. The number of carboxylic acid groups (broad SMARTS) is 1. The number of carboxylic acids is 1. The van der Waals surface area contributed by atoms with Gasteiger partial charge in [0.1, 0.15) is 18.1 Å². The highest BCUT2D eigenvalue weighted by molar-refractivity contribution is 5.96. The van der Waals surface area contributed by atoms with Crippen molar-refractivity contribution in [3.63, 3.8) is 0 Å². The summed E-state index contributed by atoms with van der Waals surface area (Å²) >= 11 is 0. The van der Waals surface area contributed by atoms with Crippen LogP contribution in [-0.4, -0.2) is 58.8 Å². The molecule has 0 aliphatic rings. The van der Waals surface area contributed by atoms with Crippen molar-refractivity contribution >= 4 is 29.5 Å². The molecule has 1 rings (SSSR count). The number of rotatable bonds is 12. The van der Waals surface area contributed by atoms with E-state index >= 15 is 0 Å². The average Bonchev–Trinajstić information content (AvgIpc) is 2.74. The summed E-state index contributed by atoms with van der Waals surface area (Å²) < 4.78 is 0. The third-order valence-corrected chi connectivity index (χ3v) is 5.00. The molecule has 3 atom stereocenters. The second-order valence-corrected chi connectivity index (χ2v) is 8.64. The van der Waals surface area contributed by atoms with Gasteiger partial charge in [-0.2, -0.15) is 0 Å². The zero-order valence-electron chi connectivity index (χ0n) is 19.8. The maximum atomic E-state index is 12.7. The molecule has 4 amide bonds. The minimum Gasteiger partial charge on any atom is -0.480 e. The number of urea groups is 1. The van der Waals surface area contributed by atoms with Crippen molar-refractivity contribution in [1.29, 1.82) is 0 Å². The molecule has 1 aromatic carbocycles. The largest absolute Gasteiger partial charge is 0.480 e. The summed E-state index contributed by atoms with van der Waals surface area (Å²) in [4.78, 5) is 49.1. The van der Waals surface area contributed by atoms with Crippen LogP contribution < -0.4 is 21.3 Å². The monoisotopic (exact) mass is 464 g/mol. The minimum absolute atomic E-state index is 0.0123. The number of hydrogen-bond donors (Lipinski definition) is 6. The average molecular weight is 465 g/mol. The van der Waals surface area contributed by atoms with E-state index in [2.05, 4.69) is 21.3 Å². The molecular formula is C23H36N4O6. The highest BCUT2D eigenvalue weighted by Crippen LogP contribution is 2.10. The summed E-state index contributed by atoms with van der Waals surface area (Å²) in [6, 6.07) is 3.04. The van der Waals surface area contributed by atoms with Crippen LogP contribution in [-0.2, 0) is 20.8 Å². The molecule has 0 aromatic heterocycles. The zero-order chi connectivity index (χ0) is 25.1. The fourth-order valence-electron chi connectivity index (χ4n) is 3.09. The molecule has 10 nitrogen and oxygen atoms in total. The quantitative estimate of drug-likeness (QED) is 0.275. The fraction of sp³-hybridized carbons (Fsp3) is 0.565. The lowest BCUT2D eigenvalue weighted by molar-refractivity contribution is -0.143. The van der Waals surface area contributed by atoms with Gasteiger partial charge in [-0.1, -0.05) is 46.8 Å². The molecule has 0 fully saturated rings. The maximum absolute atomic E-state index is 12.7. The van der Waals surface area contributed by atoms with Crippen LogP contribution in [0.3, 0.4) is 0 Å². The van der Waals surface area contributed by atoms with Crippen LogP contribution in [0.15, 0.2) is 24.3 Å². The topological polar surface area (TPSA) is 157 Å². The number of hydrogen-bond acceptors (Lipinski definition) is 5. The number of aryl methyl sites for hydroxylation is 1. The summed E-state index contributed by atoms with van der Waals surface area (Å²) in [7, 11) is 0. The Balaban J connectivity index is 2.82. The molecule has 184 valence electrons. The highest BCUT2D eigenvalue weighted by Gasteiger charge is 2.31. The number of carbonyl (C=O) groups is 4. The van der Waals surface area contributed by atoms with Crippen molar-refractivity contribution in [2.75, 3.05) is 11.9 Å². The molecule has 0 spiro atoms. The third-order valence-electron chi connectivity index (χ3n) is 5.00. The number of benzene rings is 1. The Hall–Kier alpha value is -3.14. The van der Waals surface area contributed by atoms with Gasteiger partial charge in [-0.25, -0.2) is 9.59 Å². The van der Waals surface area contributed by atoms with E-state index in [9.17, 15) is 29.4 Å². The van der Waals surface area contributed by atoms with E-state index in [1.165, 1.54) is 0 Å². The molecule has 0 radical (unpaired) electrons. The van der Waals surface area contributed by atoms with E-state index in [4.69, 9.17) is 0 Å². The molecule has 0 aliphatic heterocycles. The van der Waals surface area contributed by atoms with Crippen molar-refractivity contribution in [2.24, 2.45) is 11.8 Å². The Morgan fingerprint density at radius 3 is 1.91 bits per heavy atom.